The Kier molecular flexibility index (Phi) is 2.74. The Morgan fingerprint density at radius 2 is 2.00 bits per heavy atom. The third-order valence-electron chi connectivity index (χ3n) is 3.44. The number of nitrogens with zero attached hydrogens (tertiary/aromatic N) is 1. The zero-order valence-electron chi connectivity index (χ0n) is 8.50. The van der Waals surface area contributed by atoms with Crippen molar-refractivity contribution in [2.45, 2.75) is 19.3 Å². The lowest BCUT2D eigenvalue weighted by atomic mass is 9.78. The molecule has 2 aliphatic rings. The van der Waals surface area contributed by atoms with Crippen LogP contribution in [-0.4, -0.2) is 43.7 Å². The standard InChI is InChI=1S/C10H18N2O2/c11-8-10(2-6-14-7-3-10)9(13)12-4-1-5-12/h1-8,11H2. The monoisotopic (exact) mass is 198 g/mol. The normalized spacial score (nSPS) is 25.6. The average molecular weight is 198 g/mol. The van der Waals surface area contributed by atoms with Gasteiger partial charge in [-0.15, -0.1) is 0 Å². The molecule has 1 amide bonds. The van der Waals surface area contributed by atoms with E-state index in [1.165, 1.54) is 0 Å². The predicted molar refractivity (Wildman–Crippen MR) is 52.7 cm³/mol. The van der Waals surface area contributed by atoms with Gasteiger partial charge in [-0.3, -0.25) is 4.79 Å². The van der Waals surface area contributed by atoms with Crippen molar-refractivity contribution in [3.63, 3.8) is 0 Å². The molecule has 0 atom stereocenters. The van der Waals surface area contributed by atoms with Crippen molar-refractivity contribution in [1.82, 2.24) is 4.90 Å². The molecule has 4 heteroatoms. The molecule has 0 spiro atoms. The van der Waals surface area contributed by atoms with Crippen LogP contribution in [0, 0.1) is 5.41 Å². The molecule has 0 aromatic rings. The molecule has 0 aliphatic carbocycles. The van der Waals surface area contributed by atoms with Gasteiger partial charge >= 0.3 is 0 Å². The molecule has 2 N–H and O–H groups in total. The zero-order chi connectivity index (χ0) is 10.0. The van der Waals surface area contributed by atoms with Crippen molar-refractivity contribution in [3.05, 3.63) is 0 Å². The highest BCUT2D eigenvalue weighted by atomic mass is 16.5. The molecular formula is C10H18N2O2. The van der Waals surface area contributed by atoms with Crippen molar-refractivity contribution in [3.8, 4) is 0 Å². The van der Waals surface area contributed by atoms with Crippen molar-refractivity contribution in [1.29, 1.82) is 0 Å². The van der Waals surface area contributed by atoms with E-state index in [4.69, 9.17) is 10.5 Å². The summed E-state index contributed by atoms with van der Waals surface area (Å²) in [7, 11) is 0. The quantitative estimate of drug-likeness (QED) is 0.678. The number of likely N-dealkylation sites (tertiary alicyclic amines) is 1. The van der Waals surface area contributed by atoms with E-state index < -0.39 is 0 Å². The van der Waals surface area contributed by atoms with Gasteiger partial charge in [-0.1, -0.05) is 0 Å². The van der Waals surface area contributed by atoms with Crippen LogP contribution in [0.3, 0.4) is 0 Å². The van der Waals surface area contributed by atoms with E-state index in [9.17, 15) is 4.79 Å². The SMILES string of the molecule is NCC1(C(=O)N2CCC2)CCOCC1. The van der Waals surface area contributed by atoms with Gasteiger partial charge < -0.3 is 15.4 Å². The molecule has 14 heavy (non-hydrogen) atoms. The van der Waals surface area contributed by atoms with Crippen molar-refractivity contribution >= 4 is 5.91 Å². The van der Waals surface area contributed by atoms with E-state index in [0.29, 0.717) is 19.8 Å². The largest absolute Gasteiger partial charge is 0.381 e. The Morgan fingerprint density at radius 1 is 1.36 bits per heavy atom. The first-order chi connectivity index (χ1) is 6.78. The fourth-order valence-corrected chi connectivity index (χ4v) is 2.12. The lowest BCUT2D eigenvalue weighted by Gasteiger charge is -2.42. The van der Waals surface area contributed by atoms with Crippen LogP contribution in [0.1, 0.15) is 19.3 Å². The summed E-state index contributed by atoms with van der Waals surface area (Å²) >= 11 is 0. The Bertz CT molecular complexity index is 220. The Labute approximate surface area is 84.4 Å². The smallest absolute Gasteiger partial charge is 0.230 e. The summed E-state index contributed by atoms with van der Waals surface area (Å²) in [6, 6.07) is 0. The number of ether oxygens (including phenoxy) is 1. The average Bonchev–Trinajstić information content (AvgIpc) is 2.16. The summed E-state index contributed by atoms with van der Waals surface area (Å²) in [6.07, 6.45) is 2.72. The minimum Gasteiger partial charge on any atom is -0.381 e. The van der Waals surface area contributed by atoms with Crippen molar-refractivity contribution in [2.24, 2.45) is 11.1 Å². The summed E-state index contributed by atoms with van der Waals surface area (Å²) in [5.41, 5.74) is 5.45. The molecule has 0 saturated carbocycles. The molecule has 2 saturated heterocycles. The lowest BCUT2D eigenvalue weighted by Crippen LogP contribution is -2.54. The first kappa shape index (κ1) is 9.93. The third kappa shape index (κ3) is 1.53. The maximum atomic E-state index is 12.1. The van der Waals surface area contributed by atoms with Crippen LogP contribution in [-0.2, 0) is 9.53 Å². The number of amides is 1. The molecule has 2 heterocycles. The number of hydrogen-bond acceptors (Lipinski definition) is 3. The topological polar surface area (TPSA) is 55.6 Å². The fourth-order valence-electron chi connectivity index (χ4n) is 2.12. The molecule has 2 fully saturated rings. The highest BCUT2D eigenvalue weighted by Gasteiger charge is 2.42. The van der Waals surface area contributed by atoms with Gasteiger partial charge in [0.15, 0.2) is 0 Å². The third-order valence-corrected chi connectivity index (χ3v) is 3.44. The van der Waals surface area contributed by atoms with E-state index in [0.717, 1.165) is 32.4 Å². The Hall–Kier alpha value is -0.610. The summed E-state index contributed by atoms with van der Waals surface area (Å²) in [4.78, 5) is 14.1. The molecule has 0 radical (unpaired) electrons. The van der Waals surface area contributed by atoms with Crippen LogP contribution in [0.25, 0.3) is 0 Å². The number of rotatable bonds is 2. The van der Waals surface area contributed by atoms with E-state index in [-0.39, 0.29) is 11.3 Å². The predicted octanol–water partition coefficient (Wildman–Crippen LogP) is -0.0258. The van der Waals surface area contributed by atoms with Gasteiger partial charge in [0.25, 0.3) is 0 Å². The minimum atomic E-state index is -0.307. The molecule has 0 aromatic heterocycles. The van der Waals surface area contributed by atoms with Gasteiger partial charge in [0.2, 0.25) is 5.91 Å². The maximum Gasteiger partial charge on any atom is 0.230 e. The molecule has 2 rings (SSSR count). The van der Waals surface area contributed by atoms with Crippen molar-refractivity contribution < 1.29 is 9.53 Å². The van der Waals surface area contributed by atoms with Crippen LogP contribution in [0.5, 0.6) is 0 Å². The van der Waals surface area contributed by atoms with Crippen LogP contribution >= 0.6 is 0 Å². The molecule has 0 aromatic carbocycles. The summed E-state index contributed by atoms with van der Waals surface area (Å²) in [5.74, 6) is 0.259. The van der Waals surface area contributed by atoms with E-state index in [2.05, 4.69) is 0 Å². The Morgan fingerprint density at radius 3 is 2.43 bits per heavy atom. The second kappa shape index (κ2) is 3.87. The van der Waals surface area contributed by atoms with Gasteiger partial charge in [-0.2, -0.15) is 0 Å². The van der Waals surface area contributed by atoms with E-state index in [1.54, 1.807) is 0 Å². The van der Waals surface area contributed by atoms with Gasteiger partial charge in [-0.25, -0.2) is 0 Å². The maximum absolute atomic E-state index is 12.1. The minimum absolute atomic E-state index is 0.259. The molecule has 4 nitrogen and oxygen atoms in total. The lowest BCUT2D eigenvalue weighted by molar-refractivity contribution is -0.150. The first-order valence-corrected chi connectivity index (χ1v) is 5.36. The highest BCUT2D eigenvalue weighted by molar-refractivity contribution is 5.83. The molecule has 2 aliphatic heterocycles. The van der Waals surface area contributed by atoms with Gasteiger partial charge in [0.1, 0.15) is 0 Å². The number of nitrogens with two attached hydrogens (primary N) is 1. The number of carbonyl (C=O) groups is 1. The van der Waals surface area contributed by atoms with Gasteiger partial charge in [-0.05, 0) is 19.3 Å². The van der Waals surface area contributed by atoms with E-state index in [1.807, 2.05) is 4.90 Å². The van der Waals surface area contributed by atoms with Crippen LogP contribution in [0.15, 0.2) is 0 Å². The number of carbonyl (C=O) groups excluding carboxylic acids is 1. The summed E-state index contributed by atoms with van der Waals surface area (Å²) < 4.78 is 5.28. The van der Waals surface area contributed by atoms with E-state index >= 15 is 0 Å². The van der Waals surface area contributed by atoms with Crippen LogP contribution in [0.4, 0.5) is 0 Å². The number of hydrogen-bond donors (Lipinski definition) is 1. The van der Waals surface area contributed by atoms with Crippen LogP contribution < -0.4 is 5.73 Å². The molecular weight excluding hydrogens is 180 g/mol. The Balaban J connectivity index is 2.05. The second-order valence-corrected chi connectivity index (χ2v) is 4.24. The fraction of sp³-hybridized carbons (Fsp3) is 0.900. The molecule has 80 valence electrons. The van der Waals surface area contributed by atoms with Gasteiger partial charge in [0.05, 0.1) is 5.41 Å². The molecule has 0 unspecified atom stereocenters. The molecule has 0 bridgehead atoms. The first-order valence-electron chi connectivity index (χ1n) is 5.36. The van der Waals surface area contributed by atoms with Crippen LogP contribution in [0.2, 0.25) is 0 Å². The zero-order valence-corrected chi connectivity index (χ0v) is 8.50. The summed E-state index contributed by atoms with van der Waals surface area (Å²) in [5, 5.41) is 0. The van der Waals surface area contributed by atoms with Crippen molar-refractivity contribution in [2.75, 3.05) is 32.8 Å². The highest BCUT2D eigenvalue weighted by Crippen LogP contribution is 2.32. The van der Waals surface area contributed by atoms with Gasteiger partial charge in [0, 0.05) is 32.8 Å². The summed E-state index contributed by atoms with van der Waals surface area (Å²) in [6.45, 7) is 3.65. The second-order valence-electron chi connectivity index (χ2n) is 4.24.